The topological polar surface area (TPSA) is 80.6 Å². The average molecular weight is 371 g/mol. The molecule has 0 unspecified atom stereocenters. The summed E-state index contributed by atoms with van der Waals surface area (Å²) >= 11 is 11.8. The molecule has 0 aliphatic heterocycles. The number of hydrogen-bond donors (Lipinski definition) is 2. The zero-order valence-corrected chi connectivity index (χ0v) is 14.2. The lowest BCUT2D eigenvalue weighted by Gasteiger charge is -2.09. The third kappa shape index (κ3) is 5.79. The van der Waals surface area contributed by atoms with Crippen LogP contribution in [0.3, 0.4) is 0 Å². The van der Waals surface area contributed by atoms with Crippen molar-refractivity contribution in [2.75, 3.05) is 19.7 Å². The Morgan fingerprint density at radius 1 is 1.17 bits per heavy atom. The predicted molar refractivity (Wildman–Crippen MR) is 90.6 cm³/mol. The Morgan fingerprint density at radius 2 is 2.00 bits per heavy atom. The van der Waals surface area contributed by atoms with Crippen molar-refractivity contribution in [3.05, 3.63) is 52.4 Å². The van der Waals surface area contributed by atoms with Gasteiger partial charge in [-0.1, -0.05) is 23.2 Å². The van der Waals surface area contributed by atoms with Crippen LogP contribution in [0.4, 0.5) is 0 Å². The molecule has 2 rings (SSSR count). The standard InChI is InChI=1S/C16H16Cl2N2O4/c17-12-2-3-14(13(18)8-12)24-6-1-5-19-15(21)9-20-16(22)11-4-7-23-10-11/h2-4,7-8,10H,1,5-6,9H2,(H,19,21)(H,20,22). The van der Waals surface area contributed by atoms with E-state index in [1.807, 2.05) is 0 Å². The van der Waals surface area contributed by atoms with E-state index >= 15 is 0 Å². The van der Waals surface area contributed by atoms with Crippen molar-refractivity contribution in [2.24, 2.45) is 0 Å². The van der Waals surface area contributed by atoms with E-state index in [-0.39, 0.29) is 18.4 Å². The molecule has 2 N–H and O–H groups in total. The maximum Gasteiger partial charge on any atom is 0.254 e. The van der Waals surface area contributed by atoms with Crippen molar-refractivity contribution in [1.29, 1.82) is 0 Å². The third-order valence-electron chi connectivity index (χ3n) is 2.99. The molecule has 0 saturated carbocycles. The van der Waals surface area contributed by atoms with Gasteiger partial charge in [-0.05, 0) is 30.7 Å². The predicted octanol–water partition coefficient (Wildman–Crippen LogP) is 2.90. The van der Waals surface area contributed by atoms with Crippen molar-refractivity contribution < 1.29 is 18.7 Å². The minimum absolute atomic E-state index is 0.103. The summed E-state index contributed by atoms with van der Waals surface area (Å²) in [5.74, 6) is -0.101. The molecule has 0 radical (unpaired) electrons. The summed E-state index contributed by atoms with van der Waals surface area (Å²) in [5, 5.41) is 6.15. The van der Waals surface area contributed by atoms with Crippen molar-refractivity contribution in [3.8, 4) is 5.75 Å². The molecule has 8 heteroatoms. The molecule has 6 nitrogen and oxygen atoms in total. The maximum absolute atomic E-state index is 11.6. The van der Waals surface area contributed by atoms with Crippen molar-refractivity contribution >= 4 is 35.0 Å². The molecule has 0 bridgehead atoms. The molecule has 128 valence electrons. The molecule has 2 aromatic rings. The van der Waals surface area contributed by atoms with E-state index in [9.17, 15) is 9.59 Å². The molecule has 0 spiro atoms. The first-order chi connectivity index (χ1) is 11.6. The van der Waals surface area contributed by atoms with Crippen LogP contribution in [-0.4, -0.2) is 31.5 Å². The monoisotopic (exact) mass is 370 g/mol. The fourth-order valence-electron chi connectivity index (χ4n) is 1.79. The normalized spacial score (nSPS) is 10.2. The quantitative estimate of drug-likeness (QED) is 0.700. The van der Waals surface area contributed by atoms with Gasteiger partial charge in [0, 0.05) is 11.6 Å². The van der Waals surface area contributed by atoms with Crippen molar-refractivity contribution in [2.45, 2.75) is 6.42 Å². The number of carbonyl (C=O) groups excluding carboxylic acids is 2. The van der Waals surface area contributed by atoms with Gasteiger partial charge in [-0.3, -0.25) is 9.59 Å². The smallest absolute Gasteiger partial charge is 0.254 e. The van der Waals surface area contributed by atoms with Crippen LogP contribution in [0, 0.1) is 0 Å². The van der Waals surface area contributed by atoms with E-state index in [1.54, 1.807) is 18.2 Å². The first kappa shape index (κ1) is 18.2. The number of benzene rings is 1. The molecule has 1 aromatic heterocycles. The number of furan rings is 1. The van der Waals surface area contributed by atoms with Crippen molar-refractivity contribution in [1.82, 2.24) is 10.6 Å². The fourth-order valence-corrected chi connectivity index (χ4v) is 2.26. The minimum Gasteiger partial charge on any atom is -0.492 e. The van der Waals surface area contributed by atoms with Gasteiger partial charge in [0.15, 0.2) is 0 Å². The molecular weight excluding hydrogens is 355 g/mol. The molecule has 1 heterocycles. The highest BCUT2D eigenvalue weighted by molar-refractivity contribution is 6.35. The van der Waals surface area contributed by atoms with Crippen LogP contribution in [-0.2, 0) is 4.79 Å². The van der Waals surface area contributed by atoms with Gasteiger partial charge in [0.1, 0.15) is 12.0 Å². The van der Waals surface area contributed by atoms with Gasteiger partial charge in [-0.25, -0.2) is 0 Å². The van der Waals surface area contributed by atoms with Crippen LogP contribution < -0.4 is 15.4 Å². The second-order valence-electron chi connectivity index (χ2n) is 4.82. The zero-order chi connectivity index (χ0) is 17.4. The second-order valence-corrected chi connectivity index (χ2v) is 5.67. The summed E-state index contributed by atoms with van der Waals surface area (Å²) in [6, 6.07) is 6.50. The highest BCUT2D eigenvalue weighted by Crippen LogP contribution is 2.27. The fraction of sp³-hybridized carbons (Fsp3) is 0.250. The molecule has 0 atom stereocenters. The van der Waals surface area contributed by atoms with Gasteiger partial charge < -0.3 is 19.8 Å². The number of rotatable bonds is 8. The first-order valence-electron chi connectivity index (χ1n) is 7.21. The SMILES string of the molecule is O=C(CNC(=O)c1ccoc1)NCCCOc1ccc(Cl)cc1Cl. The average Bonchev–Trinajstić information content (AvgIpc) is 3.08. The van der Waals surface area contributed by atoms with E-state index in [1.165, 1.54) is 18.6 Å². The Hall–Kier alpha value is -2.18. The van der Waals surface area contributed by atoms with Crippen molar-refractivity contribution in [3.63, 3.8) is 0 Å². The Morgan fingerprint density at radius 3 is 2.71 bits per heavy atom. The van der Waals surface area contributed by atoms with Gasteiger partial charge >= 0.3 is 0 Å². The number of ether oxygens (including phenoxy) is 1. The van der Waals surface area contributed by atoms with Gasteiger partial charge in [-0.2, -0.15) is 0 Å². The van der Waals surface area contributed by atoms with Crippen LogP contribution in [0.2, 0.25) is 10.0 Å². The van der Waals surface area contributed by atoms with E-state index in [2.05, 4.69) is 10.6 Å². The van der Waals surface area contributed by atoms with Crippen LogP contribution >= 0.6 is 23.2 Å². The molecule has 0 saturated heterocycles. The summed E-state index contributed by atoms with van der Waals surface area (Å²) < 4.78 is 10.3. The number of nitrogens with one attached hydrogen (secondary N) is 2. The Balaban J connectivity index is 1.58. The van der Waals surface area contributed by atoms with E-state index in [0.717, 1.165) is 0 Å². The number of hydrogen-bond acceptors (Lipinski definition) is 4. The third-order valence-corrected chi connectivity index (χ3v) is 3.52. The lowest BCUT2D eigenvalue weighted by molar-refractivity contribution is -0.120. The summed E-state index contributed by atoms with van der Waals surface area (Å²) in [7, 11) is 0. The first-order valence-corrected chi connectivity index (χ1v) is 7.97. The molecule has 24 heavy (non-hydrogen) atoms. The number of carbonyl (C=O) groups is 2. The molecule has 2 amide bonds. The van der Waals surface area contributed by atoms with Gasteiger partial charge in [0.2, 0.25) is 5.91 Å². The van der Waals surface area contributed by atoms with Gasteiger partial charge in [0.05, 0.1) is 30.0 Å². The highest BCUT2D eigenvalue weighted by Gasteiger charge is 2.08. The van der Waals surface area contributed by atoms with Crippen LogP contribution in [0.1, 0.15) is 16.8 Å². The summed E-state index contributed by atoms with van der Waals surface area (Å²) in [6.07, 6.45) is 3.30. The second kappa shape index (κ2) is 9.20. The molecule has 0 aliphatic rings. The lowest BCUT2D eigenvalue weighted by atomic mass is 10.3. The van der Waals surface area contributed by atoms with Gasteiger partial charge in [0.25, 0.3) is 5.91 Å². The number of amides is 2. The van der Waals surface area contributed by atoms with Crippen LogP contribution in [0.15, 0.2) is 41.2 Å². The largest absolute Gasteiger partial charge is 0.492 e. The molecule has 0 fully saturated rings. The van der Waals surface area contributed by atoms with Gasteiger partial charge in [-0.15, -0.1) is 0 Å². The summed E-state index contributed by atoms with van der Waals surface area (Å²) in [5.41, 5.74) is 0.371. The van der Waals surface area contributed by atoms with Crippen LogP contribution in [0.25, 0.3) is 0 Å². The maximum atomic E-state index is 11.6. The molecule has 1 aromatic carbocycles. The zero-order valence-electron chi connectivity index (χ0n) is 12.7. The van der Waals surface area contributed by atoms with E-state index < -0.39 is 0 Å². The Kier molecular flexibility index (Phi) is 6.96. The summed E-state index contributed by atoms with van der Waals surface area (Å²) in [4.78, 5) is 23.2. The highest BCUT2D eigenvalue weighted by atomic mass is 35.5. The molecule has 0 aliphatic carbocycles. The number of halogens is 2. The van der Waals surface area contributed by atoms with E-state index in [0.29, 0.717) is 40.9 Å². The summed E-state index contributed by atoms with van der Waals surface area (Å²) in [6.45, 7) is 0.711. The minimum atomic E-state index is -0.361. The Labute approximate surface area is 149 Å². The van der Waals surface area contributed by atoms with Crippen LogP contribution in [0.5, 0.6) is 5.75 Å². The van der Waals surface area contributed by atoms with E-state index in [4.69, 9.17) is 32.4 Å². The lowest BCUT2D eigenvalue weighted by Crippen LogP contribution is -2.37. The molecular formula is C16H16Cl2N2O4. The Bertz CT molecular complexity index is 689.